The maximum atomic E-state index is 5.51. The van der Waals surface area contributed by atoms with Gasteiger partial charge in [0.2, 0.25) is 0 Å². The van der Waals surface area contributed by atoms with E-state index in [4.69, 9.17) is 4.74 Å². The normalized spacial score (nSPS) is 17.1. The van der Waals surface area contributed by atoms with Gasteiger partial charge in [-0.2, -0.15) is 0 Å². The van der Waals surface area contributed by atoms with E-state index in [2.05, 4.69) is 53.1 Å². The molecule has 6 nitrogen and oxygen atoms in total. The molecule has 0 spiro atoms. The molecule has 1 atom stereocenters. The van der Waals surface area contributed by atoms with Crippen molar-refractivity contribution >= 4 is 29.9 Å². The van der Waals surface area contributed by atoms with Crippen molar-refractivity contribution in [3.63, 3.8) is 0 Å². The molecule has 1 aliphatic heterocycles. The summed E-state index contributed by atoms with van der Waals surface area (Å²) >= 11 is 0. The van der Waals surface area contributed by atoms with Crippen LogP contribution in [-0.2, 0) is 4.74 Å². The highest BCUT2D eigenvalue weighted by Crippen LogP contribution is 2.12. The molecule has 0 radical (unpaired) electrons. The first-order valence-corrected chi connectivity index (χ1v) is 10.6. The maximum Gasteiger partial charge on any atom is 0.191 e. The highest BCUT2D eigenvalue weighted by Gasteiger charge is 2.22. The van der Waals surface area contributed by atoms with Crippen molar-refractivity contribution in [2.24, 2.45) is 10.9 Å². The Bertz CT molecular complexity index is 371. The minimum absolute atomic E-state index is 0. The molecule has 0 bridgehead atoms. The molecule has 1 heterocycles. The Morgan fingerprint density at radius 2 is 1.78 bits per heavy atom. The second kappa shape index (κ2) is 16.8. The van der Waals surface area contributed by atoms with Crippen molar-refractivity contribution in [2.45, 2.75) is 53.0 Å². The standard InChI is InChI=1S/C20H43N5O.HI/c1-6-24(7-2)11-9-8-10-22-20(21-5)23-17-19(16-18(3)4)25-12-14-26-15-13-25;/h18-19H,6-17H2,1-5H3,(H2,21,22,23);1H. The molecule has 0 aromatic carbocycles. The lowest BCUT2D eigenvalue weighted by atomic mass is 10.0. The second-order valence-corrected chi connectivity index (χ2v) is 7.55. The number of hydrogen-bond acceptors (Lipinski definition) is 4. The topological polar surface area (TPSA) is 52.1 Å². The van der Waals surface area contributed by atoms with Gasteiger partial charge in [-0.05, 0) is 44.8 Å². The Morgan fingerprint density at radius 3 is 2.33 bits per heavy atom. The molecule has 0 aromatic rings. The van der Waals surface area contributed by atoms with Gasteiger partial charge in [0.25, 0.3) is 0 Å². The minimum atomic E-state index is 0. The van der Waals surface area contributed by atoms with E-state index >= 15 is 0 Å². The van der Waals surface area contributed by atoms with E-state index in [1.807, 2.05) is 7.05 Å². The van der Waals surface area contributed by atoms with Crippen molar-refractivity contribution < 1.29 is 4.74 Å². The molecule has 0 aliphatic carbocycles. The first kappa shape index (κ1) is 26.9. The number of nitrogens with zero attached hydrogens (tertiary/aromatic N) is 3. The lowest BCUT2D eigenvalue weighted by Gasteiger charge is -2.35. The number of ether oxygens (including phenoxy) is 1. The molecular formula is C20H44IN5O. The molecule has 7 heteroatoms. The van der Waals surface area contributed by atoms with E-state index in [-0.39, 0.29) is 24.0 Å². The van der Waals surface area contributed by atoms with Crippen LogP contribution in [0.25, 0.3) is 0 Å². The average Bonchev–Trinajstić information content (AvgIpc) is 2.66. The lowest BCUT2D eigenvalue weighted by molar-refractivity contribution is 0.0132. The highest BCUT2D eigenvalue weighted by molar-refractivity contribution is 14.0. The Hall–Kier alpha value is -0.120. The summed E-state index contributed by atoms with van der Waals surface area (Å²) in [5.74, 6) is 1.62. The van der Waals surface area contributed by atoms with E-state index in [0.29, 0.717) is 12.0 Å². The van der Waals surface area contributed by atoms with Gasteiger partial charge in [-0.25, -0.2) is 0 Å². The molecule has 0 aromatic heterocycles. The fourth-order valence-corrected chi connectivity index (χ4v) is 3.49. The fraction of sp³-hybridized carbons (Fsp3) is 0.950. The molecular weight excluding hydrogens is 453 g/mol. The molecule has 1 rings (SSSR count). The molecule has 1 saturated heterocycles. The van der Waals surface area contributed by atoms with Crippen molar-refractivity contribution in [3.05, 3.63) is 0 Å². The largest absolute Gasteiger partial charge is 0.379 e. The number of morpholine rings is 1. The van der Waals surface area contributed by atoms with Crippen LogP contribution < -0.4 is 10.6 Å². The zero-order valence-electron chi connectivity index (χ0n) is 18.3. The van der Waals surface area contributed by atoms with E-state index < -0.39 is 0 Å². The van der Waals surface area contributed by atoms with Crippen molar-refractivity contribution in [1.29, 1.82) is 0 Å². The first-order chi connectivity index (χ1) is 12.6. The van der Waals surface area contributed by atoms with E-state index in [0.717, 1.165) is 58.4 Å². The summed E-state index contributed by atoms with van der Waals surface area (Å²) in [6, 6.07) is 0.542. The Balaban J connectivity index is 0.00000676. The monoisotopic (exact) mass is 497 g/mol. The summed E-state index contributed by atoms with van der Waals surface area (Å²) in [5.41, 5.74) is 0. The summed E-state index contributed by atoms with van der Waals surface area (Å²) in [5, 5.41) is 7.01. The van der Waals surface area contributed by atoms with Gasteiger partial charge in [0, 0.05) is 39.3 Å². The number of nitrogens with one attached hydrogen (secondary N) is 2. The van der Waals surface area contributed by atoms with Gasteiger partial charge in [-0.15, -0.1) is 24.0 Å². The molecule has 27 heavy (non-hydrogen) atoms. The Kier molecular flexibility index (Phi) is 16.7. The Labute approximate surface area is 184 Å². The fourth-order valence-electron chi connectivity index (χ4n) is 3.49. The summed E-state index contributed by atoms with van der Waals surface area (Å²) in [7, 11) is 1.86. The van der Waals surface area contributed by atoms with Crippen LogP contribution in [0, 0.1) is 5.92 Å². The number of halogens is 1. The van der Waals surface area contributed by atoms with Crippen LogP contribution in [0.3, 0.4) is 0 Å². The SMILES string of the molecule is CCN(CC)CCCCNC(=NC)NCC(CC(C)C)N1CCOCC1.I. The molecule has 1 fully saturated rings. The van der Waals surface area contributed by atoms with Gasteiger partial charge < -0.3 is 20.3 Å². The number of unbranched alkanes of at least 4 members (excludes halogenated alkanes) is 1. The second-order valence-electron chi connectivity index (χ2n) is 7.55. The molecule has 0 saturated carbocycles. The van der Waals surface area contributed by atoms with Crippen LogP contribution >= 0.6 is 24.0 Å². The highest BCUT2D eigenvalue weighted by atomic mass is 127. The predicted octanol–water partition coefficient (Wildman–Crippen LogP) is 2.64. The third kappa shape index (κ3) is 12.1. The van der Waals surface area contributed by atoms with E-state index in [9.17, 15) is 0 Å². The first-order valence-electron chi connectivity index (χ1n) is 10.6. The number of hydrogen-bond donors (Lipinski definition) is 2. The Morgan fingerprint density at radius 1 is 1.11 bits per heavy atom. The summed E-state index contributed by atoms with van der Waals surface area (Å²) in [6.07, 6.45) is 3.61. The van der Waals surface area contributed by atoms with Crippen LogP contribution in [0.4, 0.5) is 0 Å². The molecule has 1 aliphatic rings. The minimum Gasteiger partial charge on any atom is -0.379 e. The van der Waals surface area contributed by atoms with Crippen LogP contribution in [0.1, 0.15) is 47.0 Å². The van der Waals surface area contributed by atoms with E-state index in [1.54, 1.807) is 0 Å². The third-order valence-electron chi connectivity index (χ3n) is 5.12. The summed E-state index contributed by atoms with van der Waals surface area (Å²) in [4.78, 5) is 9.43. The quantitative estimate of drug-likeness (QED) is 0.188. The number of aliphatic imine (C=N–C) groups is 1. The molecule has 162 valence electrons. The van der Waals surface area contributed by atoms with Gasteiger partial charge in [-0.1, -0.05) is 27.7 Å². The van der Waals surface area contributed by atoms with Crippen molar-refractivity contribution in [2.75, 3.05) is 66.1 Å². The predicted molar refractivity (Wildman–Crippen MR) is 127 cm³/mol. The summed E-state index contributed by atoms with van der Waals surface area (Å²) in [6.45, 7) is 18.3. The smallest absolute Gasteiger partial charge is 0.191 e. The molecule has 2 N–H and O–H groups in total. The molecule has 1 unspecified atom stereocenters. The number of guanidine groups is 1. The van der Waals surface area contributed by atoms with Gasteiger partial charge in [0.15, 0.2) is 5.96 Å². The average molecular weight is 498 g/mol. The van der Waals surface area contributed by atoms with E-state index in [1.165, 1.54) is 25.8 Å². The maximum absolute atomic E-state index is 5.51. The van der Waals surface area contributed by atoms with Crippen LogP contribution in [0.15, 0.2) is 4.99 Å². The van der Waals surface area contributed by atoms with Crippen molar-refractivity contribution in [1.82, 2.24) is 20.4 Å². The van der Waals surface area contributed by atoms with Crippen LogP contribution in [-0.4, -0.2) is 87.9 Å². The third-order valence-corrected chi connectivity index (χ3v) is 5.12. The van der Waals surface area contributed by atoms with Gasteiger partial charge in [0.1, 0.15) is 0 Å². The van der Waals surface area contributed by atoms with Gasteiger partial charge >= 0.3 is 0 Å². The molecule has 0 amide bonds. The van der Waals surface area contributed by atoms with Crippen molar-refractivity contribution in [3.8, 4) is 0 Å². The van der Waals surface area contributed by atoms with Crippen LogP contribution in [0.2, 0.25) is 0 Å². The van der Waals surface area contributed by atoms with Crippen LogP contribution in [0.5, 0.6) is 0 Å². The van der Waals surface area contributed by atoms with Gasteiger partial charge in [0.05, 0.1) is 13.2 Å². The number of rotatable bonds is 12. The van der Waals surface area contributed by atoms with Gasteiger partial charge in [-0.3, -0.25) is 9.89 Å². The zero-order valence-corrected chi connectivity index (χ0v) is 20.6. The summed E-state index contributed by atoms with van der Waals surface area (Å²) < 4.78 is 5.51. The zero-order chi connectivity index (χ0) is 19.2. The lowest BCUT2D eigenvalue weighted by Crippen LogP contribution is -2.51.